The van der Waals surface area contributed by atoms with Crippen molar-refractivity contribution in [3.8, 4) is 44.8 Å². The Labute approximate surface area is 278 Å². The van der Waals surface area contributed by atoms with Gasteiger partial charge in [0.15, 0.2) is 0 Å². The molecular formula is C44H30N4. The molecule has 4 heteroatoms. The molecule has 9 aromatic rings. The minimum Gasteiger partial charge on any atom is -0.265 e. The molecular weight excluding hydrogens is 585 g/mol. The SMILES string of the molecule is Cc1c2c(-c3cccc(-c4ccncc4)c3)nc3ccccc3c2c(C)c2c(-c3cccc(-c4ccncc4)c3)nc3ccccc3c12. The van der Waals surface area contributed by atoms with Gasteiger partial charge in [-0.1, -0.05) is 72.8 Å². The van der Waals surface area contributed by atoms with Crippen molar-refractivity contribution in [3.63, 3.8) is 0 Å². The minimum absolute atomic E-state index is 0.978. The van der Waals surface area contributed by atoms with Gasteiger partial charge in [-0.15, -0.1) is 0 Å². The van der Waals surface area contributed by atoms with Gasteiger partial charge < -0.3 is 0 Å². The maximum atomic E-state index is 5.39. The van der Waals surface area contributed by atoms with Crippen LogP contribution in [0.3, 0.4) is 0 Å². The molecule has 0 aliphatic rings. The van der Waals surface area contributed by atoms with Crippen LogP contribution < -0.4 is 0 Å². The van der Waals surface area contributed by atoms with Crippen LogP contribution in [0.2, 0.25) is 0 Å². The Hall–Kier alpha value is -6.26. The Kier molecular flexibility index (Phi) is 6.54. The first-order valence-electron chi connectivity index (χ1n) is 16.2. The molecule has 0 atom stereocenters. The molecule has 48 heavy (non-hydrogen) atoms. The van der Waals surface area contributed by atoms with E-state index in [0.29, 0.717) is 0 Å². The van der Waals surface area contributed by atoms with Gasteiger partial charge in [-0.2, -0.15) is 0 Å². The van der Waals surface area contributed by atoms with Crippen molar-refractivity contribution in [1.29, 1.82) is 0 Å². The molecule has 0 fully saturated rings. The first-order chi connectivity index (χ1) is 23.7. The van der Waals surface area contributed by atoms with Gasteiger partial charge in [-0.05, 0) is 107 Å². The summed E-state index contributed by atoms with van der Waals surface area (Å²) < 4.78 is 0. The zero-order valence-corrected chi connectivity index (χ0v) is 26.6. The lowest BCUT2D eigenvalue weighted by atomic mass is 9.85. The summed E-state index contributed by atoms with van der Waals surface area (Å²) in [6.45, 7) is 4.53. The van der Waals surface area contributed by atoms with Crippen LogP contribution >= 0.6 is 0 Å². The molecule has 5 aromatic carbocycles. The molecule has 4 nitrogen and oxygen atoms in total. The summed E-state index contributed by atoms with van der Waals surface area (Å²) in [6, 6.07) is 42.7. The van der Waals surface area contributed by atoms with Crippen molar-refractivity contribution in [3.05, 3.63) is 157 Å². The highest BCUT2D eigenvalue weighted by molar-refractivity contribution is 6.25. The van der Waals surface area contributed by atoms with Gasteiger partial charge in [-0.25, -0.2) is 9.97 Å². The van der Waals surface area contributed by atoms with Crippen molar-refractivity contribution < 1.29 is 0 Å². The molecule has 4 aromatic heterocycles. The fourth-order valence-electron chi connectivity index (χ4n) is 7.38. The lowest BCUT2D eigenvalue weighted by molar-refractivity contribution is 1.33. The van der Waals surface area contributed by atoms with E-state index in [0.717, 1.165) is 66.6 Å². The molecule has 0 bridgehead atoms. The third-order valence-corrected chi connectivity index (χ3v) is 9.58. The molecule has 9 rings (SSSR count). The van der Waals surface area contributed by atoms with E-state index in [1.807, 2.05) is 24.8 Å². The number of hydrogen-bond donors (Lipinski definition) is 0. The largest absolute Gasteiger partial charge is 0.265 e. The third kappa shape index (κ3) is 4.45. The van der Waals surface area contributed by atoms with Crippen molar-refractivity contribution in [2.45, 2.75) is 13.8 Å². The number of para-hydroxylation sites is 2. The van der Waals surface area contributed by atoms with E-state index in [9.17, 15) is 0 Å². The average Bonchev–Trinajstić information content (AvgIpc) is 3.16. The molecule has 0 saturated carbocycles. The van der Waals surface area contributed by atoms with Gasteiger partial charge in [0.1, 0.15) is 0 Å². The molecule has 0 unspecified atom stereocenters. The van der Waals surface area contributed by atoms with Gasteiger partial charge in [0.25, 0.3) is 0 Å². The number of aromatic nitrogens is 4. The number of fused-ring (bicyclic) bond motifs is 6. The summed E-state index contributed by atoms with van der Waals surface area (Å²) in [7, 11) is 0. The molecule has 0 aliphatic carbocycles. The summed E-state index contributed by atoms with van der Waals surface area (Å²) in [5.41, 5.74) is 13.1. The van der Waals surface area contributed by atoms with Gasteiger partial charge in [-0.3, -0.25) is 9.97 Å². The van der Waals surface area contributed by atoms with E-state index in [1.54, 1.807) is 0 Å². The van der Waals surface area contributed by atoms with E-state index < -0.39 is 0 Å². The fraction of sp³-hybridized carbons (Fsp3) is 0.0455. The Morgan fingerprint density at radius 1 is 0.354 bits per heavy atom. The van der Waals surface area contributed by atoms with Crippen LogP contribution in [0, 0.1) is 13.8 Å². The number of hydrogen-bond acceptors (Lipinski definition) is 4. The van der Waals surface area contributed by atoms with Crippen molar-refractivity contribution in [2.75, 3.05) is 0 Å². The van der Waals surface area contributed by atoms with Gasteiger partial charge in [0.2, 0.25) is 0 Å². The second-order valence-electron chi connectivity index (χ2n) is 12.3. The standard InChI is InChI=1S/C44H30N4/c1-27-39-35-13-3-5-15-37(35)48-44(34-12-8-10-32(26-34)30-19-23-46-24-20-30)42(39)28(2)40-36-14-4-6-16-38(36)47-43(41(27)40)33-11-7-9-31(25-33)29-17-21-45-22-18-29/h3-26H,1-2H3. The van der Waals surface area contributed by atoms with Crippen LogP contribution in [0.25, 0.3) is 88.1 Å². The van der Waals surface area contributed by atoms with Gasteiger partial charge >= 0.3 is 0 Å². The molecule has 0 N–H and O–H groups in total. The summed E-state index contributed by atoms with van der Waals surface area (Å²) in [4.78, 5) is 19.2. The molecule has 0 radical (unpaired) electrons. The van der Waals surface area contributed by atoms with E-state index in [-0.39, 0.29) is 0 Å². The van der Waals surface area contributed by atoms with Crippen LogP contribution in [0.15, 0.2) is 146 Å². The molecule has 0 saturated heterocycles. The van der Waals surface area contributed by atoms with Crippen LogP contribution in [0.1, 0.15) is 11.1 Å². The van der Waals surface area contributed by atoms with Crippen LogP contribution in [-0.2, 0) is 0 Å². The maximum Gasteiger partial charge on any atom is 0.0791 e. The lowest BCUT2D eigenvalue weighted by Gasteiger charge is -2.21. The highest BCUT2D eigenvalue weighted by atomic mass is 14.7. The van der Waals surface area contributed by atoms with Crippen LogP contribution in [0.5, 0.6) is 0 Å². The first kappa shape index (κ1) is 28.0. The molecule has 4 heterocycles. The Bertz CT molecular complexity index is 2490. The number of rotatable bonds is 4. The molecule has 0 aliphatic heterocycles. The maximum absolute atomic E-state index is 5.39. The second kappa shape index (κ2) is 11.2. The van der Waals surface area contributed by atoms with E-state index in [4.69, 9.17) is 9.97 Å². The zero-order valence-electron chi connectivity index (χ0n) is 26.6. The Morgan fingerprint density at radius 3 is 1.19 bits per heavy atom. The second-order valence-corrected chi connectivity index (χ2v) is 12.3. The summed E-state index contributed by atoms with van der Waals surface area (Å²) >= 11 is 0. The Morgan fingerprint density at radius 2 is 0.750 bits per heavy atom. The van der Waals surface area contributed by atoms with E-state index in [2.05, 4.69) is 145 Å². The first-order valence-corrected chi connectivity index (χ1v) is 16.2. The van der Waals surface area contributed by atoms with Crippen molar-refractivity contribution in [1.82, 2.24) is 19.9 Å². The summed E-state index contributed by atoms with van der Waals surface area (Å²) in [5.74, 6) is 0. The molecule has 0 amide bonds. The smallest absolute Gasteiger partial charge is 0.0791 e. The quantitative estimate of drug-likeness (QED) is 0.146. The van der Waals surface area contributed by atoms with Gasteiger partial charge in [0, 0.05) is 57.5 Å². The summed E-state index contributed by atoms with van der Waals surface area (Å²) in [6.07, 6.45) is 7.37. The summed E-state index contributed by atoms with van der Waals surface area (Å²) in [5, 5.41) is 7.09. The number of aryl methyl sites for hydroxylation is 2. The predicted octanol–water partition coefficient (Wildman–Crippen LogP) is 11.2. The van der Waals surface area contributed by atoms with Crippen LogP contribution in [0.4, 0.5) is 0 Å². The predicted molar refractivity (Wildman–Crippen MR) is 199 cm³/mol. The normalized spacial score (nSPS) is 11.5. The van der Waals surface area contributed by atoms with Crippen LogP contribution in [-0.4, -0.2) is 19.9 Å². The zero-order chi connectivity index (χ0) is 32.2. The topological polar surface area (TPSA) is 51.6 Å². The monoisotopic (exact) mass is 614 g/mol. The molecule has 226 valence electrons. The number of pyridine rings is 4. The number of benzene rings is 5. The number of nitrogens with zero attached hydrogens (tertiary/aromatic N) is 4. The minimum atomic E-state index is 0.978. The molecule has 0 spiro atoms. The average molecular weight is 615 g/mol. The lowest BCUT2D eigenvalue weighted by Crippen LogP contribution is -1.99. The van der Waals surface area contributed by atoms with E-state index in [1.165, 1.54) is 32.7 Å². The highest BCUT2D eigenvalue weighted by Crippen LogP contribution is 2.45. The van der Waals surface area contributed by atoms with Gasteiger partial charge in [0.05, 0.1) is 22.4 Å². The Balaban J connectivity index is 1.42. The fourth-order valence-corrected chi connectivity index (χ4v) is 7.38. The van der Waals surface area contributed by atoms with Crippen molar-refractivity contribution in [2.24, 2.45) is 0 Å². The van der Waals surface area contributed by atoms with Crippen molar-refractivity contribution >= 4 is 43.4 Å². The highest BCUT2D eigenvalue weighted by Gasteiger charge is 2.22. The van der Waals surface area contributed by atoms with E-state index >= 15 is 0 Å². The third-order valence-electron chi connectivity index (χ3n) is 9.58.